The monoisotopic (exact) mass is 237 g/mol. The third-order valence-electron chi connectivity index (χ3n) is 2.34. The molecule has 1 atom stereocenters. The molecule has 16 heavy (non-hydrogen) atoms. The van der Waals surface area contributed by atoms with E-state index in [9.17, 15) is 5.11 Å². The first-order valence-electron chi connectivity index (χ1n) is 4.90. The van der Waals surface area contributed by atoms with E-state index >= 15 is 0 Å². The van der Waals surface area contributed by atoms with Gasteiger partial charge in [-0.05, 0) is 23.8 Å². The molecule has 0 aliphatic heterocycles. The van der Waals surface area contributed by atoms with Crippen molar-refractivity contribution in [2.75, 3.05) is 6.54 Å². The fourth-order valence-corrected chi connectivity index (χ4v) is 1.65. The van der Waals surface area contributed by atoms with Gasteiger partial charge in [0.25, 0.3) is 0 Å². The van der Waals surface area contributed by atoms with Crippen LogP contribution in [0.25, 0.3) is 5.69 Å². The summed E-state index contributed by atoms with van der Waals surface area (Å²) in [6.07, 6.45) is 1.01. The van der Waals surface area contributed by atoms with E-state index in [1.54, 1.807) is 16.9 Å². The summed E-state index contributed by atoms with van der Waals surface area (Å²) in [7, 11) is 0. The van der Waals surface area contributed by atoms with Crippen LogP contribution in [0.2, 0.25) is 5.15 Å². The Bertz CT molecular complexity index is 466. The Morgan fingerprint density at radius 3 is 2.50 bits per heavy atom. The molecule has 0 saturated carbocycles. The summed E-state index contributed by atoms with van der Waals surface area (Å²) in [5, 5.41) is 14.2. The fourth-order valence-electron chi connectivity index (χ4n) is 1.45. The molecule has 1 aromatic carbocycles. The van der Waals surface area contributed by atoms with Gasteiger partial charge in [0.05, 0.1) is 18.0 Å². The number of rotatable bonds is 3. The molecule has 0 saturated heterocycles. The molecule has 1 unspecified atom stereocenters. The van der Waals surface area contributed by atoms with E-state index in [1.807, 2.05) is 24.3 Å². The fraction of sp³-hybridized carbons (Fsp3) is 0.182. The van der Waals surface area contributed by atoms with Crippen LogP contribution in [0.4, 0.5) is 0 Å². The first-order chi connectivity index (χ1) is 7.72. The van der Waals surface area contributed by atoms with Crippen molar-refractivity contribution in [2.45, 2.75) is 6.10 Å². The molecule has 4 nitrogen and oxygen atoms in total. The molecule has 0 fully saturated rings. The highest BCUT2D eigenvalue weighted by atomic mass is 35.5. The van der Waals surface area contributed by atoms with Gasteiger partial charge in [0.15, 0.2) is 0 Å². The Morgan fingerprint density at radius 1 is 1.31 bits per heavy atom. The van der Waals surface area contributed by atoms with Gasteiger partial charge in [0, 0.05) is 6.54 Å². The van der Waals surface area contributed by atoms with Crippen LogP contribution in [-0.4, -0.2) is 21.4 Å². The normalized spacial score (nSPS) is 12.7. The van der Waals surface area contributed by atoms with Gasteiger partial charge in [-0.2, -0.15) is 5.10 Å². The second-order valence-corrected chi connectivity index (χ2v) is 3.80. The molecule has 0 amide bonds. The number of aliphatic hydroxyl groups excluding tert-OH is 1. The summed E-state index contributed by atoms with van der Waals surface area (Å²) >= 11 is 5.94. The van der Waals surface area contributed by atoms with Gasteiger partial charge in [0.1, 0.15) is 5.15 Å². The number of nitrogens with zero attached hydrogens (tertiary/aromatic N) is 2. The molecule has 0 aliphatic rings. The zero-order valence-electron chi connectivity index (χ0n) is 8.55. The van der Waals surface area contributed by atoms with Crippen molar-refractivity contribution in [3.8, 4) is 5.69 Å². The number of halogens is 1. The average molecular weight is 238 g/mol. The lowest BCUT2D eigenvalue weighted by Gasteiger charge is -2.09. The Hall–Kier alpha value is -1.36. The number of hydrogen-bond donors (Lipinski definition) is 2. The van der Waals surface area contributed by atoms with Crippen LogP contribution in [0.5, 0.6) is 0 Å². The van der Waals surface area contributed by atoms with E-state index in [0.717, 1.165) is 11.3 Å². The Labute approximate surface area is 98.3 Å². The van der Waals surface area contributed by atoms with Crippen LogP contribution in [0, 0.1) is 0 Å². The lowest BCUT2D eigenvalue weighted by Crippen LogP contribution is -2.11. The largest absolute Gasteiger partial charge is 0.387 e. The Morgan fingerprint density at radius 2 is 2.00 bits per heavy atom. The highest BCUT2D eigenvalue weighted by Crippen LogP contribution is 2.18. The van der Waals surface area contributed by atoms with Gasteiger partial charge in [-0.3, -0.25) is 0 Å². The van der Waals surface area contributed by atoms with Crippen molar-refractivity contribution in [2.24, 2.45) is 5.73 Å². The number of benzene rings is 1. The van der Waals surface area contributed by atoms with Crippen molar-refractivity contribution >= 4 is 11.6 Å². The van der Waals surface area contributed by atoms with E-state index in [2.05, 4.69) is 5.10 Å². The molecular weight excluding hydrogens is 226 g/mol. The highest BCUT2D eigenvalue weighted by molar-refractivity contribution is 6.29. The lowest BCUT2D eigenvalue weighted by atomic mass is 10.1. The molecular formula is C11H12ClN3O. The zero-order chi connectivity index (χ0) is 11.5. The molecule has 3 N–H and O–H groups in total. The first kappa shape index (κ1) is 11.1. The molecule has 2 aromatic rings. The van der Waals surface area contributed by atoms with Gasteiger partial charge >= 0.3 is 0 Å². The van der Waals surface area contributed by atoms with E-state index < -0.39 is 6.10 Å². The maximum Gasteiger partial charge on any atom is 0.132 e. The predicted molar refractivity (Wildman–Crippen MR) is 62.6 cm³/mol. The van der Waals surface area contributed by atoms with Crippen molar-refractivity contribution in [1.29, 1.82) is 0 Å². The third kappa shape index (κ3) is 2.09. The van der Waals surface area contributed by atoms with Crippen LogP contribution >= 0.6 is 11.6 Å². The zero-order valence-corrected chi connectivity index (χ0v) is 9.30. The van der Waals surface area contributed by atoms with Crippen LogP contribution in [0.1, 0.15) is 11.7 Å². The smallest absolute Gasteiger partial charge is 0.132 e. The van der Waals surface area contributed by atoms with Gasteiger partial charge < -0.3 is 10.8 Å². The summed E-state index contributed by atoms with van der Waals surface area (Å²) in [4.78, 5) is 0. The van der Waals surface area contributed by atoms with Gasteiger partial charge in [-0.15, -0.1) is 0 Å². The summed E-state index contributed by atoms with van der Waals surface area (Å²) in [5.74, 6) is 0. The number of nitrogens with two attached hydrogens (primary N) is 1. The van der Waals surface area contributed by atoms with Gasteiger partial charge in [-0.1, -0.05) is 23.7 Å². The summed E-state index contributed by atoms with van der Waals surface area (Å²) < 4.78 is 1.61. The minimum absolute atomic E-state index is 0.210. The number of aliphatic hydroxyl groups is 1. The molecule has 1 heterocycles. The SMILES string of the molecule is NCC(O)c1ccc(-n2nccc2Cl)cc1. The van der Waals surface area contributed by atoms with Crippen molar-refractivity contribution in [1.82, 2.24) is 9.78 Å². The van der Waals surface area contributed by atoms with E-state index in [1.165, 1.54) is 0 Å². The van der Waals surface area contributed by atoms with Gasteiger partial charge in [0.2, 0.25) is 0 Å². The first-order valence-corrected chi connectivity index (χ1v) is 5.28. The molecule has 84 valence electrons. The molecule has 5 heteroatoms. The third-order valence-corrected chi connectivity index (χ3v) is 2.63. The maximum absolute atomic E-state index is 9.53. The second-order valence-electron chi connectivity index (χ2n) is 3.41. The summed E-state index contributed by atoms with van der Waals surface area (Å²) in [6.45, 7) is 0.210. The minimum Gasteiger partial charge on any atom is -0.387 e. The van der Waals surface area contributed by atoms with E-state index in [-0.39, 0.29) is 6.54 Å². The topological polar surface area (TPSA) is 64.1 Å². The standard InChI is InChI=1S/C11H12ClN3O/c12-11-5-6-14-15(11)9-3-1-8(2-4-9)10(16)7-13/h1-6,10,16H,7,13H2. The quantitative estimate of drug-likeness (QED) is 0.851. The molecule has 0 spiro atoms. The molecule has 2 rings (SSSR count). The van der Waals surface area contributed by atoms with Crippen LogP contribution < -0.4 is 5.73 Å². The van der Waals surface area contributed by atoms with Crippen molar-refractivity contribution in [3.63, 3.8) is 0 Å². The molecule has 0 radical (unpaired) electrons. The minimum atomic E-state index is -0.623. The Balaban J connectivity index is 2.30. The number of hydrogen-bond acceptors (Lipinski definition) is 3. The van der Waals surface area contributed by atoms with Crippen molar-refractivity contribution in [3.05, 3.63) is 47.2 Å². The summed E-state index contributed by atoms with van der Waals surface area (Å²) in [6, 6.07) is 9.01. The van der Waals surface area contributed by atoms with Crippen molar-refractivity contribution < 1.29 is 5.11 Å². The van der Waals surface area contributed by atoms with E-state index in [0.29, 0.717) is 5.15 Å². The molecule has 0 aliphatic carbocycles. The lowest BCUT2D eigenvalue weighted by molar-refractivity contribution is 0.187. The highest BCUT2D eigenvalue weighted by Gasteiger charge is 2.06. The van der Waals surface area contributed by atoms with Crippen LogP contribution in [0.3, 0.4) is 0 Å². The van der Waals surface area contributed by atoms with Crippen LogP contribution in [0.15, 0.2) is 36.5 Å². The Kier molecular flexibility index (Phi) is 3.24. The molecule has 0 bridgehead atoms. The predicted octanol–water partition coefficient (Wildman–Crippen LogP) is 1.52. The maximum atomic E-state index is 9.53. The van der Waals surface area contributed by atoms with E-state index in [4.69, 9.17) is 17.3 Å². The average Bonchev–Trinajstić information content (AvgIpc) is 2.75. The molecule has 1 aromatic heterocycles. The second kappa shape index (κ2) is 4.65. The van der Waals surface area contributed by atoms with Crippen LogP contribution in [-0.2, 0) is 0 Å². The summed E-state index contributed by atoms with van der Waals surface area (Å²) in [5.41, 5.74) is 7.01. The number of aromatic nitrogens is 2. The van der Waals surface area contributed by atoms with Gasteiger partial charge in [-0.25, -0.2) is 4.68 Å².